The Bertz CT molecular complexity index is 647. The quantitative estimate of drug-likeness (QED) is 0.450. The first-order valence-corrected chi connectivity index (χ1v) is 10.0. The summed E-state index contributed by atoms with van der Waals surface area (Å²) in [6.45, 7) is 3.22. The van der Waals surface area contributed by atoms with Crippen LogP contribution in [-0.4, -0.2) is 50.5 Å². The van der Waals surface area contributed by atoms with Crippen LogP contribution in [0.2, 0.25) is 0 Å². The zero-order chi connectivity index (χ0) is 21.2. The average Bonchev–Trinajstić information content (AvgIpc) is 3.16. The van der Waals surface area contributed by atoms with Crippen LogP contribution < -0.4 is 15.4 Å². The van der Waals surface area contributed by atoms with E-state index in [0.29, 0.717) is 19.0 Å². The lowest BCUT2D eigenvalue weighted by molar-refractivity contribution is -0.154. The lowest BCUT2D eigenvalue weighted by Gasteiger charge is -2.30. The van der Waals surface area contributed by atoms with Gasteiger partial charge in [-0.15, -0.1) is 0 Å². The summed E-state index contributed by atoms with van der Waals surface area (Å²) in [5, 5.41) is 6.65. The molecule has 0 radical (unpaired) electrons. The molecular weight excluding hydrogens is 385 g/mol. The molecule has 0 spiro atoms. The van der Waals surface area contributed by atoms with Gasteiger partial charge in [0.15, 0.2) is 12.6 Å². The van der Waals surface area contributed by atoms with Gasteiger partial charge in [-0.1, -0.05) is 12.8 Å². The summed E-state index contributed by atoms with van der Waals surface area (Å²) in [5.41, 5.74) is 0.950. The van der Waals surface area contributed by atoms with Gasteiger partial charge in [-0.25, -0.2) is 9.98 Å². The van der Waals surface area contributed by atoms with Crippen LogP contribution in [-0.2, 0) is 11.3 Å². The van der Waals surface area contributed by atoms with Gasteiger partial charge in [-0.05, 0) is 43.2 Å². The number of hydrogen-bond donors (Lipinski definition) is 2. The molecule has 1 aliphatic carbocycles. The number of ether oxygens (including phenoxy) is 2. The molecule has 9 heteroatoms. The molecule has 1 saturated carbocycles. The molecule has 2 N–H and O–H groups in total. The molecule has 1 aromatic rings. The minimum Gasteiger partial charge on any atom is -0.468 e. The maximum Gasteiger partial charge on any atom is 0.422 e. The van der Waals surface area contributed by atoms with Gasteiger partial charge in [0.25, 0.3) is 0 Å². The minimum absolute atomic E-state index is 0.0579. The van der Waals surface area contributed by atoms with Crippen molar-refractivity contribution in [3.8, 4) is 5.88 Å². The molecule has 0 amide bonds. The van der Waals surface area contributed by atoms with Gasteiger partial charge >= 0.3 is 6.18 Å². The maximum atomic E-state index is 12.3. The molecule has 164 valence electrons. The Morgan fingerprint density at radius 1 is 1.28 bits per heavy atom. The summed E-state index contributed by atoms with van der Waals surface area (Å²) in [6.07, 6.45) is 2.86. The molecule has 0 saturated heterocycles. The predicted octanol–water partition coefficient (Wildman–Crippen LogP) is 3.67. The Morgan fingerprint density at radius 2 is 2.03 bits per heavy atom. The van der Waals surface area contributed by atoms with E-state index < -0.39 is 12.8 Å². The van der Waals surface area contributed by atoms with Crippen molar-refractivity contribution in [3.05, 3.63) is 23.9 Å². The highest BCUT2D eigenvalue weighted by atomic mass is 19.4. The Morgan fingerprint density at radius 3 is 2.69 bits per heavy atom. The first-order valence-electron chi connectivity index (χ1n) is 10.0. The largest absolute Gasteiger partial charge is 0.468 e. The van der Waals surface area contributed by atoms with Crippen molar-refractivity contribution >= 4 is 5.96 Å². The topological polar surface area (TPSA) is 67.8 Å². The van der Waals surface area contributed by atoms with E-state index in [0.717, 1.165) is 25.1 Å². The van der Waals surface area contributed by atoms with Gasteiger partial charge < -0.3 is 20.1 Å². The number of alkyl halides is 3. The van der Waals surface area contributed by atoms with E-state index in [2.05, 4.69) is 20.6 Å². The van der Waals surface area contributed by atoms with Crippen molar-refractivity contribution in [1.82, 2.24) is 15.6 Å². The Labute approximate surface area is 170 Å². The number of guanidine groups is 1. The summed E-state index contributed by atoms with van der Waals surface area (Å²) in [7, 11) is 1.73. The highest BCUT2D eigenvalue weighted by Crippen LogP contribution is 2.40. The zero-order valence-corrected chi connectivity index (χ0v) is 17.1. The Kier molecular flexibility index (Phi) is 9.00. The third-order valence-corrected chi connectivity index (χ3v) is 5.08. The fourth-order valence-corrected chi connectivity index (χ4v) is 3.53. The van der Waals surface area contributed by atoms with Crippen LogP contribution in [0.5, 0.6) is 5.88 Å². The molecule has 6 nitrogen and oxygen atoms in total. The SMILES string of the molecule is CCNC(=NCc1ccnc(OCC(F)(F)F)c1)NCC1(CCOC)CCCC1. The van der Waals surface area contributed by atoms with Crippen molar-refractivity contribution in [2.24, 2.45) is 10.4 Å². The first kappa shape index (κ1) is 23.3. The van der Waals surface area contributed by atoms with E-state index in [-0.39, 0.29) is 11.3 Å². The van der Waals surface area contributed by atoms with Gasteiger partial charge in [0.1, 0.15) is 0 Å². The molecule has 1 fully saturated rings. The molecule has 1 aromatic heterocycles. The summed E-state index contributed by atoms with van der Waals surface area (Å²) in [4.78, 5) is 8.38. The highest BCUT2D eigenvalue weighted by Gasteiger charge is 2.33. The van der Waals surface area contributed by atoms with E-state index in [9.17, 15) is 13.2 Å². The van der Waals surface area contributed by atoms with Gasteiger partial charge in [-0.2, -0.15) is 13.2 Å². The summed E-state index contributed by atoms with van der Waals surface area (Å²) < 4.78 is 46.9. The molecule has 2 rings (SSSR count). The molecule has 0 unspecified atom stereocenters. The molecule has 0 atom stereocenters. The van der Waals surface area contributed by atoms with Gasteiger partial charge in [0, 0.05) is 39.1 Å². The molecule has 29 heavy (non-hydrogen) atoms. The number of halogens is 3. The van der Waals surface area contributed by atoms with E-state index in [4.69, 9.17) is 9.47 Å². The predicted molar refractivity (Wildman–Crippen MR) is 106 cm³/mol. The molecule has 0 aliphatic heterocycles. The van der Waals surface area contributed by atoms with Crippen LogP contribution in [0.25, 0.3) is 0 Å². The maximum absolute atomic E-state index is 12.3. The second-order valence-corrected chi connectivity index (χ2v) is 7.40. The summed E-state index contributed by atoms with van der Waals surface area (Å²) >= 11 is 0. The number of aliphatic imine (C=N–C) groups is 1. The standard InChI is InChI=1S/C20H31F3N4O2/c1-3-24-18(27-14-19(9-11-28-2)7-4-5-8-19)26-13-16-6-10-25-17(12-16)29-15-20(21,22)23/h6,10,12H,3-5,7-9,11,13-15H2,1-2H3,(H2,24,26,27). The smallest absolute Gasteiger partial charge is 0.422 e. The van der Waals surface area contributed by atoms with Crippen molar-refractivity contribution < 1.29 is 22.6 Å². The van der Waals surface area contributed by atoms with Crippen LogP contribution in [0.1, 0.15) is 44.6 Å². The number of nitrogens with zero attached hydrogens (tertiary/aromatic N) is 2. The lowest BCUT2D eigenvalue weighted by atomic mass is 9.83. The average molecular weight is 416 g/mol. The van der Waals surface area contributed by atoms with Crippen LogP contribution >= 0.6 is 0 Å². The normalized spacial score (nSPS) is 16.7. The van der Waals surface area contributed by atoms with Gasteiger partial charge in [0.05, 0.1) is 6.54 Å². The molecule has 0 bridgehead atoms. The monoisotopic (exact) mass is 416 g/mol. The molecule has 0 aromatic carbocycles. The van der Waals surface area contributed by atoms with E-state index in [1.807, 2.05) is 6.92 Å². The third kappa shape index (κ3) is 8.47. The number of nitrogens with one attached hydrogen (secondary N) is 2. The van der Waals surface area contributed by atoms with Gasteiger partial charge in [0.2, 0.25) is 5.88 Å². The lowest BCUT2D eigenvalue weighted by Crippen LogP contribution is -2.43. The summed E-state index contributed by atoms with van der Waals surface area (Å²) in [5.74, 6) is 0.628. The van der Waals surface area contributed by atoms with E-state index in [1.165, 1.54) is 37.9 Å². The molecular formula is C20H31F3N4O2. The van der Waals surface area contributed by atoms with Crippen LogP contribution in [0.4, 0.5) is 13.2 Å². The number of methoxy groups -OCH3 is 1. The van der Waals surface area contributed by atoms with E-state index >= 15 is 0 Å². The van der Waals surface area contributed by atoms with Crippen molar-refractivity contribution in [3.63, 3.8) is 0 Å². The second kappa shape index (κ2) is 11.2. The fourth-order valence-electron chi connectivity index (χ4n) is 3.53. The zero-order valence-electron chi connectivity index (χ0n) is 17.1. The third-order valence-electron chi connectivity index (χ3n) is 5.08. The first-order chi connectivity index (χ1) is 13.9. The van der Waals surface area contributed by atoms with Crippen molar-refractivity contribution in [1.29, 1.82) is 0 Å². The Hall–Kier alpha value is -2.03. The highest BCUT2D eigenvalue weighted by molar-refractivity contribution is 5.79. The van der Waals surface area contributed by atoms with Crippen LogP contribution in [0, 0.1) is 5.41 Å². The van der Waals surface area contributed by atoms with Crippen LogP contribution in [0.3, 0.4) is 0 Å². The van der Waals surface area contributed by atoms with Crippen LogP contribution in [0.15, 0.2) is 23.3 Å². The van der Waals surface area contributed by atoms with Gasteiger partial charge in [-0.3, -0.25) is 0 Å². The molecule has 1 heterocycles. The summed E-state index contributed by atoms with van der Waals surface area (Å²) in [6, 6.07) is 3.19. The number of aromatic nitrogens is 1. The number of hydrogen-bond acceptors (Lipinski definition) is 4. The van der Waals surface area contributed by atoms with Crippen molar-refractivity contribution in [2.75, 3.05) is 33.4 Å². The second-order valence-electron chi connectivity index (χ2n) is 7.40. The van der Waals surface area contributed by atoms with Crippen molar-refractivity contribution in [2.45, 2.75) is 51.7 Å². The number of pyridine rings is 1. The minimum atomic E-state index is -4.39. The molecule has 1 aliphatic rings. The van der Waals surface area contributed by atoms with E-state index in [1.54, 1.807) is 13.2 Å². The Balaban J connectivity index is 1.96. The number of rotatable bonds is 10. The fraction of sp³-hybridized carbons (Fsp3) is 0.700.